The largest absolute Gasteiger partial charge is 0.396 e. The molecule has 2 rings (SSSR count). The monoisotopic (exact) mass is 215 g/mol. The Morgan fingerprint density at radius 2 is 2.38 bits per heavy atom. The number of nitrogens with zero attached hydrogens (tertiary/aromatic N) is 2. The first-order valence-electron chi connectivity index (χ1n) is 4.17. The molecular formula is C8H10ClN3S. The molecular weight excluding hydrogens is 206 g/mol. The lowest BCUT2D eigenvalue weighted by atomic mass is 10.2. The predicted molar refractivity (Wildman–Crippen MR) is 55.9 cm³/mol. The molecule has 1 aliphatic heterocycles. The normalized spacial score (nSPS) is 22.1. The number of thioether (sulfide) groups is 1. The van der Waals surface area contributed by atoms with Gasteiger partial charge in [-0.2, -0.15) is 16.9 Å². The van der Waals surface area contributed by atoms with Gasteiger partial charge in [-0.1, -0.05) is 11.6 Å². The minimum Gasteiger partial charge on any atom is -0.396 e. The van der Waals surface area contributed by atoms with Gasteiger partial charge in [-0.25, -0.2) is 0 Å². The minimum absolute atomic E-state index is 0.298. The van der Waals surface area contributed by atoms with Gasteiger partial charge in [-0.15, -0.1) is 5.10 Å². The summed E-state index contributed by atoms with van der Waals surface area (Å²) in [5.74, 6) is 1.20. The van der Waals surface area contributed by atoms with Crippen molar-refractivity contribution in [2.24, 2.45) is 0 Å². The van der Waals surface area contributed by atoms with Crippen molar-refractivity contribution in [1.82, 2.24) is 10.2 Å². The van der Waals surface area contributed by atoms with Crippen molar-refractivity contribution < 1.29 is 0 Å². The second-order valence-corrected chi connectivity index (χ2v) is 4.69. The van der Waals surface area contributed by atoms with Gasteiger partial charge in [0.05, 0.1) is 11.4 Å². The van der Waals surface area contributed by atoms with Crippen LogP contribution in [0.3, 0.4) is 0 Å². The molecule has 0 amide bonds. The van der Waals surface area contributed by atoms with Crippen LogP contribution in [0.4, 0.5) is 5.69 Å². The molecule has 0 bridgehead atoms. The van der Waals surface area contributed by atoms with E-state index in [4.69, 9.17) is 17.3 Å². The fourth-order valence-electron chi connectivity index (χ4n) is 1.38. The molecule has 0 spiro atoms. The third-order valence-corrected chi connectivity index (χ3v) is 3.75. The molecule has 5 heteroatoms. The Balaban J connectivity index is 2.25. The van der Waals surface area contributed by atoms with Gasteiger partial charge in [0.25, 0.3) is 0 Å². The van der Waals surface area contributed by atoms with Crippen molar-refractivity contribution in [3.63, 3.8) is 0 Å². The van der Waals surface area contributed by atoms with Crippen LogP contribution in [0.1, 0.15) is 23.8 Å². The molecule has 70 valence electrons. The summed E-state index contributed by atoms with van der Waals surface area (Å²) in [5.41, 5.74) is 7.13. The van der Waals surface area contributed by atoms with Crippen LogP contribution in [0.2, 0.25) is 5.15 Å². The van der Waals surface area contributed by atoms with Gasteiger partial charge in [-0.3, -0.25) is 0 Å². The second-order valence-electron chi connectivity index (χ2n) is 3.02. The Hall–Kier alpha value is -0.480. The first-order valence-corrected chi connectivity index (χ1v) is 5.60. The summed E-state index contributed by atoms with van der Waals surface area (Å²) < 4.78 is 0. The van der Waals surface area contributed by atoms with E-state index in [2.05, 4.69) is 10.2 Å². The van der Waals surface area contributed by atoms with Crippen LogP contribution in [0.15, 0.2) is 6.07 Å². The molecule has 1 aromatic rings. The summed E-state index contributed by atoms with van der Waals surface area (Å²) >= 11 is 7.59. The summed E-state index contributed by atoms with van der Waals surface area (Å²) in [5, 5.41) is 8.60. The maximum atomic E-state index is 5.68. The molecule has 1 aromatic heterocycles. The maximum Gasteiger partial charge on any atom is 0.174 e. The lowest BCUT2D eigenvalue weighted by Crippen LogP contribution is -1.99. The third kappa shape index (κ3) is 1.89. The van der Waals surface area contributed by atoms with E-state index in [0.29, 0.717) is 16.1 Å². The quantitative estimate of drug-likeness (QED) is 0.781. The zero-order valence-corrected chi connectivity index (χ0v) is 8.61. The zero-order chi connectivity index (χ0) is 9.26. The van der Waals surface area contributed by atoms with Crippen molar-refractivity contribution in [2.45, 2.75) is 18.1 Å². The molecule has 1 fully saturated rings. The molecule has 0 saturated carbocycles. The highest BCUT2D eigenvalue weighted by molar-refractivity contribution is 7.99. The van der Waals surface area contributed by atoms with Crippen molar-refractivity contribution in [3.8, 4) is 0 Å². The Bertz CT molecular complexity index is 312. The topological polar surface area (TPSA) is 51.8 Å². The fraction of sp³-hybridized carbons (Fsp3) is 0.500. The number of nitrogens with two attached hydrogens (primary N) is 1. The second kappa shape index (κ2) is 3.72. The van der Waals surface area contributed by atoms with Gasteiger partial charge >= 0.3 is 0 Å². The van der Waals surface area contributed by atoms with E-state index in [-0.39, 0.29) is 0 Å². The van der Waals surface area contributed by atoms with Gasteiger partial charge in [0.15, 0.2) is 5.15 Å². The van der Waals surface area contributed by atoms with Gasteiger partial charge in [0.2, 0.25) is 0 Å². The number of hydrogen-bond acceptors (Lipinski definition) is 4. The van der Waals surface area contributed by atoms with Crippen LogP contribution in [-0.4, -0.2) is 16.0 Å². The molecule has 0 aromatic carbocycles. The standard InChI is InChI=1S/C8H10ClN3S/c9-8-5(10)4-6(11-12-8)7-2-1-3-13-7/h4,7H,1-3H2,(H2,10,11). The first-order chi connectivity index (χ1) is 6.27. The zero-order valence-electron chi connectivity index (χ0n) is 7.03. The Labute approximate surface area is 86.1 Å². The van der Waals surface area contributed by atoms with Crippen LogP contribution in [0.5, 0.6) is 0 Å². The van der Waals surface area contributed by atoms with Crippen LogP contribution in [0.25, 0.3) is 0 Å². The Morgan fingerprint density at radius 1 is 1.54 bits per heavy atom. The highest BCUT2D eigenvalue weighted by Crippen LogP contribution is 2.39. The molecule has 0 radical (unpaired) electrons. The number of halogens is 1. The van der Waals surface area contributed by atoms with E-state index < -0.39 is 0 Å². The van der Waals surface area contributed by atoms with Crippen molar-refractivity contribution in [3.05, 3.63) is 16.9 Å². The molecule has 2 heterocycles. The number of rotatable bonds is 1. The first kappa shape index (κ1) is 9.09. The Morgan fingerprint density at radius 3 is 3.00 bits per heavy atom. The van der Waals surface area contributed by atoms with E-state index in [1.807, 2.05) is 17.8 Å². The van der Waals surface area contributed by atoms with Crippen molar-refractivity contribution in [2.75, 3.05) is 11.5 Å². The minimum atomic E-state index is 0.298. The van der Waals surface area contributed by atoms with E-state index in [9.17, 15) is 0 Å². The van der Waals surface area contributed by atoms with Crippen molar-refractivity contribution in [1.29, 1.82) is 0 Å². The van der Waals surface area contributed by atoms with Gasteiger partial charge in [-0.05, 0) is 24.7 Å². The lowest BCUT2D eigenvalue weighted by molar-refractivity contribution is 0.785. The Kier molecular flexibility index (Phi) is 2.60. The molecule has 0 aliphatic carbocycles. The molecule has 2 N–H and O–H groups in total. The third-order valence-electron chi connectivity index (χ3n) is 2.05. The van der Waals surface area contributed by atoms with Crippen molar-refractivity contribution >= 4 is 29.1 Å². The summed E-state index contributed by atoms with van der Waals surface area (Å²) in [7, 11) is 0. The number of nitrogen functional groups attached to an aromatic ring is 1. The number of hydrogen-bond donors (Lipinski definition) is 1. The molecule has 1 atom stereocenters. The lowest BCUT2D eigenvalue weighted by Gasteiger charge is -2.07. The summed E-state index contributed by atoms with van der Waals surface area (Å²) in [6.45, 7) is 0. The average Bonchev–Trinajstić information content (AvgIpc) is 2.62. The smallest absolute Gasteiger partial charge is 0.174 e. The van der Waals surface area contributed by atoms with E-state index in [1.165, 1.54) is 18.6 Å². The highest BCUT2D eigenvalue weighted by atomic mass is 35.5. The van der Waals surface area contributed by atoms with Crippen LogP contribution >= 0.6 is 23.4 Å². The molecule has 1 unspecified atom stereocenters. The van der Waals surface area contributed by atoms with Crippen LogP contribution in [-0.2, 0) is 0 Å². The van der Waals surface area contributed by atoms with E-state index >= 15 is 0 Å². The SMILES string of the molecule is Nc1cc(C2CCCS2)nnc1Cl. The molecule has 13 heavy (non-hydrogen) atoms. The van der Waals surface area contributed by atoms with Gasteiger partial charge < -0.3 is 5.73 Å². The van der Waals surface area contributed by atoms with Crippen LogP contribution < -0.4 is 5.73 Å². The summed E-state index contributed by atoms with van der Waals surface area (Å²) in [6.07, 6.45) is 2.42. The number of anilines is 1. The van der Waals surface area contributed by atoms with Gasteiger partial charge in [0, 0.05) is 5.25 Å². The highest BCUT2D eigenvalue weighted by Gasteiger charge is 2.19. The predicted octanol–water partition coefficient (Wildman–Crippen LogP) is 2.28. The average molecular weight is 216 g/mol. The van der Waals surface area contributed by atoms with E-state index in [0.717, 1.165) is 5.69 Å². The van der Waals surface area contributed by atoms with Gasteiger partial charge in [0.1, 0.15) is 0 Å². The molecule has 1 saturated heterocycles. The molecule has 3 nitrogen and oxygen atoms in total. The maximum absolute atomic E-state index is 5.68. The van der Waals surface area contributed by atoms with Crippen LogP contribution in [0, 0.1) is 0 Å². The summed E-state index contributed by atoms with van der Waals surface area (Å²) in [6, 6.07) is 1.83. The fourth-order valence-corrected chi connectivity index (χ4v) is 2.70. The van der Waals surface area contributed by atoms with E-state index in [1.54, 1.807) is 0 Å². The number of aromatic nitrogens is 2. The summed E-state index contributed by atoms with van der Waals surface area (Å²) in [4.78, 5) is 0. The molecule has 1 aliphatic rings.